The molecule has 1 atom stereocenters. The molecule has 1 N–H and O–H groups in total. The number of carbonyl (C=O) groups is 1. The average Bonchev–Trinajstić information content (AvgIpc) is 2.67. The first-order chi connectivity index (χ1) is 13.7. The first-order valence-electron chi connectivity index (χ1n) is 9.75. The molecule has 0 bridgehead atoms. The molecule has 0 fully saturated rings. The summed E-state index contributed by atoms with van der Waals surface area (Å²) in [5.74, 6) is -0.375. The number of para-hydroxylation sites is 1. The Labute approximate surface area is 171 Å². The number of likely N-dealkylation sites (N-methyl/N-ethyl adjacent to an activating group) is 1. The molecule has 3 rings (SSSR count). The van der Waals surface area contributed by atoms with Crippen molar-refractivity contribution in [3.8, 4) is 0 Å². The highest BCUT2D eigenvalue weighted by atomic mass is 16.3. The fourth-order valence-electron chi connectivity index (χ4n) is 3.30. The van der Waals surface area contributed by atoms with Gasteiger partial charge in [-0.1, -0.05) is 57.2 Å². The Balaban J connectivity index is 1.77. The second-order valence-electron chi connectivity index (χ2n) is 8.53. The summed E-state index contributed by atoms with van der Waals surface area (Å²) in [4.78, 5) is 26.9. The van der Waals surface area contributed by atoms with Crippen LogP contribution in [0.2, 0.25) is 0 Å². The molecule has 152 valence electrons. The van der Waals surface area contributed by atoms with Gasteiger partial charge in [0.15, 0.2) is 11.2 Å². The molecule has 0 saturated heterocycles. The molecule has 0 saturated carbocycles. The summed E-state index contributed by atoms with van der Waals surface area (Å²) < 4.78 is 5.63. The Morgan fingerprint density at radius 3 is 2.34 bits per heavy atom. The van der Waals surface area contributed by atoms with Gasteiger partial charge in [0, 0.05) is 12.6 Å². The van der Waals surface area contributed by atoms with Crippen molar-refractivity contribution in [2.75, 3.05) is 20.6 Å². The molecule has 1 aromatic heterocycles. The van der Waals surface area contributed by atoms with Gasteiger partial charge in [-0.25, -0.2) is 0 Å². The summed E-state index contributed by atoms with van der Waals surface area (Å²) in [6.07, 6.45) is 0. The summed E-state index contributed by atoms with van der Waals surface area (Å²) in [6, 6.07) is 16.6. The summed E-state index contributed by atoms with van der Waals surface area (Å²) in [7, 11) is 3.95. The van der Waals surface area contributed by atoms with Crippen molar-refractivity contribution in [2.24, 2.45) is 0 Å². The molecule has 0 radical (unpaired) electrons. The van der Waals surface area contributed by atoms with Gasteiger partial charge in [0.05, 0.1) is 11.4 Å². The standard InChI is InChI=1S/C24H28N2O3/c1-24(2,3)17-12-10-16(11-13-17)19(26(4)5)15-25-23(28)22-14-20(27)18-8-6-7-9-21(18)29-22/h6-14,19H,15H2,1-5H3,(H,25,28)/t19-/m0/s1. The van der Waals surface area contributed by atoms with E-state index in [-0.39, 0.29) is 22.6 Å². The zero-order valence-corrected chi connectivity index (χ0v) is 17.7. The Morgan fingerprint density at radius 2 is 1.72 bits per heavy atom. The van der Waals surface area contributed by atoms with E-state index in [1.165, 1.54) is 11.6 Å². The molecule has 29 heavy (non-hydrogen) atoms. The molecule has 5 heteroatoms. The Kier molecular flexibility index (Phi) is 5.89. The lowest BCUT2D eigenvalue weighted by Crippen LogP contribution is -2.34. The number of hydrogen-bond acceptors (Lipinski definition) is 4. The number of hydrogen-bond donors (Lipinski definition) is 1. The van der Waals surface area contributed by atoms with Crippen LogP contribution in [0, 0.1) is 0 Å². The summed E-state index contributed by atoms with van der Waals surface area (Å²) in [5.41, 5.74) is 2.66. The van der Waals surface area contributed by atoms with E-state index in [0.29, 0.717) is 17.5 Å². The summed E-state index contributed by atoms with van der Waals surface area (Å²) in [5, 5.41) is 3.37. The van der Waals surface area contributed by atoms with Crippen LogP contribution in [0.3, 0.4) is 0 Å². The average molecular weight is 392 g/mol. The van der Waals surface area contributed by atoms with Crippen LogP contribution in [0.4, 0.5) is 0 Å². The Morgan fingerprint density at radius 1 is 1.07 bits per heavy atom. The third-order valence-corrected chi connectivity index (χ3v) is 5.10. The monoisotopic (exact) mass is 392 g/mol. The molecule has 3 aromatic rings. The number of nitrogens with one attached hydrogen (secondary N) is 1. The van der Waals surface area contributed by atoms with Crippen LogP contribution in [0.15, 0.2) is 63.8 Å². The summed E-state index contributed by atoms with van der Waals surface area (Å²) in [6.45, 7) is 6.95. The second-order valence-corrected chi connectivity index (χ2v) is 8.53. The molecule has 0 spiro atoms. The van der Waals surface area contributed by atoms with Gasteiger partial charge in [-0.3, -0.25) is 9.59 Å². The van der Waals surface area contributed by atoms with Crippen LogP contribution in [0.5, 0.6) is 0 Å². The second kappa shape index (κ2) is 8.21. The molecular formula is C24H28N2O3. The van der Waals surface area contributed by atoms with E-state index in [1.807, 2.05) is 14.1 Å². The van der Waals surface area contributed by atoms with Gasteiger partial charge in [-0.2, -0.15) is 0 Å². The lowest BCUT2D eigenvalue weighted by molar-refractivity contribution is 0.0914. The number of amides is 1. The van der Waals surface area contributed by atoms with Crippen molar-refractivity contribution < 1.29 is 9.21 Å². The van der Waals surface area contributed by atoms with Crippen molar-refractivity contribution >= 4 is 16.9 Å². The van der Waals surface area contributed by atoms with Crippen LogP contribution in [0.25, 0.3) is 11.0 Å². The predicted octanol–water partition coefficient (Wildman–Crippen LogP) is 4.12. The Bertz CT molecular complexity index is 1060. The highest BCUT2D eigenvalue weighted by Gasteiger charge is 2.19. The smallest absolute Gasteiger partial charge is 0.287 e. The van der Waals surface area contributed by atoms with Gasteiger partial charge < -0.3 is 14.6 Å². The molecule has 2 aromatic carbocycles. The van der Waals surface area contributed by atoms with E-state index >= 15 is 0 Å². The van der Waals surface area contributed by atoms with Gasteiger partial charge in [0.2, 0.25) is 0 Å². The minimum absolute atomic E-state index is 0.000136. The maximum Gasteiger partial charge on any atom is 0.287 e. The number of carbonyl (C=O) groups excluding carboxylic acids is 1. The molecule has 5 nitrogen and oxygen atoms in total. The molecule has 0 aliphatic carbocycles. The molecule has 0 aliphatic heterocycles. The SMILES string of the molecule is CN(C)[C@@H](CNC(=O)c1cc(=O)c2ccccc2o1)c1ccc(C(C)(C)C)cc1. The lowest BCUT2D eigenvalue weighted by Gasteiger charge is -2.26. The predicted molar refractivity (Wildman–Crippen MR) is 116 cm³/mol. The molecule has 0 unspecified atom stereocenters. The highest BCUT2D eigenvalue weighted by Crippen LogP contribution is 2.25. The first kappa shape index (κ1) is 20.8. The summed E-state index contributed by atoms with van der Waals surface area (Å²) >= 11 is 0. The van der Waals surface area contributed by atoms with Crippen LogP contribution in [-0.4, -0.2) is 31.4 Å². The Hall–Kier alpha value is -2.92. The van der Waals surface area contributed by atoms with E-state index in [9.17, 15) is 9.59 Å². The van der Waals surface area contributed by atoms with Crippen molar-refractivity contribution in [2.45, 2.75) is 32.2 Å². The minimum Gasteiger partial charge on any atom is -0.451 e. The van der Waals surface area contributed by atoms with Crippen LogP contribution in [-0.2, 0) is 5.41 Å². The van der Waals surface area contributed by atoms with Gasteiger partial charge in [0.1, 0.15) is 5.58 Å². The van der Waals surface area contributed by atoms with E-state index in [0.717, 1.165) is 5.56 Å². The zero-order valence-electron chi connectivity index (χ0n) is 17.7. The third kappa shape index (κ3) is 4.74. The van der Waals surface area contributed by atoms with Crippen molar-refractivity contribution in [3.63, 3.8) is 0 Å². The number of fused-ring (bicyclic) bond motifs is 1. The maximum absolute atomic E-state index is 12.6. The number of benzene rings is 2. The topological polar surface area (TPSA) is 62.6 Å². The molecular weight excluding hydrogens is 364 g/mol. The molecule has 1 heterocycles. The first-order valence-corrected chi connectivity index (χ1v) is 9.75. The third-order valence-electron chi connectivity index (χ3n) is 5.10. The van der Waals surface area contributed by atoms with E-state index < -0.39 is 5.91 Å². The molecule has 0 aliphatic rings. The minimum atomic E-state index is -0.397. The zero-order chi connectivity index (χ0) is 21.2. The number of nitrogens with zero attached hydrogens (tertiary/aromatic N) is 1. The lowest BCUT2D eigenvalue weighted by atomic mass is 9.86. The van der Waals surface area contributed by atoms with Gasteiger partial charge >= 0.3 is 0 Å². The van der Waals surface area contributed by atoms with Gasteiger partial charge in [-0.05, 0) is 42.8 Å². The van der Waals surface area contributed by atoms with Crippen molar-refractivity contribution in [1.29, 1.82) is 0 Å². The van der Waals surface area contributed by atoms with Crippen LogP contribution in [0.1, 0.15) is 48.5 Å². The maximum atomic E-state index is 12.6. The molecule has 1 amide bonds. The van der Waals surface area contributed by atoms with Crippen molar-refractivity contribution in [3.05, 3.63) is 81.7 Å². The van der Waals surface area contributed by atoms with Crippen molar-refractivity contribution in [1.82, 2.24) is 10.2 Å². The quantitative estimate of drug-likeness (QED) is 0.709. The van der Waals surface area contributed by atoms with Crippen LogP contribution >= 0.6 is 0 Å². The van der Waals surface area contributed by atoms with Gasteiger partial charge in [-0.15, -0.1) is 0 Å². The van der Waals surface area contributed by atoms with E-state index in [1.54, 1.807) is 24.3 Å². The van der Waals surface area contributed by atoms with Gasteiger partial charge in [0.25, 0.3) is 5.91 Å². The normalized spacial score (nSPS) is 12.9. The van der Waals surface area contributed by atoms with Crippen LogP contribution < -0.4 is 10.7 Å². The fourth-order valence-corrected chi connectivity index (χ4v) is 3.30. The van der Waals surface area contributed by atoms with E-state index in [4.69, 9.17) is 4.42 Å². The highest BCUT2D eigenvalue weighted by molar-refractivity contribution is 5.93. The largest absolute Gasteiger partial charge is 0.451 e. The van der Waals surface area contributed by atoms with E-state index in [2.05, 4.69) is 55.3 Å². The number of rotatable bonds is 5. The fraction of sp³-hybridized carbons (Fsp3) is 0.333.